The number of hydrogen-bond acceptors (Lipinski definition) is 4. The van der Waals surface area contributed by atoms with E-state index in [4.69, 9.17) is 15.0 Å². The molecule has 0 unspecified atom stereocenters. The second kappa shape index (κ2) is 11.4. The summed E-state index contributed by atoms with van der Waals surface area (Å²) < 4.78 is 0. The van der Waals surface area contributed by atoms with Crippen LogP contribution in [0.1, 0.15) is 0 Å². The van der Waals surface area contributed by atoms with Gasteiger partial charge in [-0.1, -0.05) is 146 Å². The van der Waals surface area contributed by atoms with Crippen LogP contribution in [0.4, 0.5) is 0 Å². The van der Waals surface area contributed by atoms with Crippen molar-refractivity contribution in [3.8, 4) is 45.3 Å². The van der Waals surface area contributed by atoms with Crippen molar-refractivity contribution < 1.29 is 0 Å². The summed E-state index contributed by atoms with van der Waals surface area (Å²) in [6, 6.07) is 57.5. The Labute approximate surface area is 288 Å². The number of benzene rings is 8. The molecule has 4 heteroatoms. The average Bonchev–Trinajstić information content (AvgIpc) is 3.20. The highest BCUT2D eigenvalue weighted by Gasteiger charge is 2.15. The van der Waals surface area contributed by atoms with Gasteiger partial charge in [0, 0.05) is 33.8 Å². The smallest absolute Gasteiger partial charge is 0.164 e. The number of fused-ring (bicyclic) bond motifs is 7. The van der Waals surface area contributed by atoms with Gasteiger partial charge < -0.3 is 0 Å². The molecule has 8 aromatic carbocycles. The van der Waals surface area contributed by atoms with Crippen LogP contribution in [-0.4, -0.2) is 19.9 Å². The van der Waals surface area contributed by atoms with Gasteiger partial charge in [-0.2, -0.15) is 0 Å². The summed E-state index contributed by atoms with van der Waals surface area (Å²) in [6.07, 6.45) is 1.85. The topological polar surface area (TPSA) is 51.6 Å². The van der Waals surface area contributed by atoms with Crippen molar-refractivity contribution in [1.29, 1.82) is 0 Å². The van der Waals surface area contributed by atoms with Gasteiger partial charge in [-0.25, -0.2) is 15.0 Å². The van der Waals surface area contributed by atoms with Crippen molar-refractivity contribution in [3.05, 3.63) is 170 Å². The molecule has 2 heterocycles. The molecule has 0 radical (unpaired) electrons. The summed E-state index contributed by atoms with van der Waals surface area (Å²) >= 11 is 0. The van der Waals surface area contributed by atoms with Crippen molar-refractivity contribution in [1.82, 2.24) is 19.9 Å². The quantitative estimate of drug-likeness (QED) is 0.180. The van der Waals surface area contributed by atoms with Crippen LogP contribution >= 0.6 is 0 Å². The molecular formula is C46H28N4. The zero-order chi connectivity index (χ0) is 33.0. The molecule has 0 bridgehead atoms. The van der Waals surface area contributed by atoms with E-state index in [9.17, 15) is 0 Å². The standard InChI is InChI=1S/C46H28N4/c1-3-11-38-29(7-1)16-20-34-27-36(22-24-40(34)38)45-48-44(33-18-14-31(15-19-33)42-13-5-9-32-10-6-26-47-43(32)42)49-46(50-45)37-23-25-41-35(28-37)21-17-30-8-2-4-12-39(30)41/h1-28H. The van der Waals surface area contributed by atoms with E-state index in [0.717, 1.165) is 49.5 Å². The normalized spacial score (nSPS) is 11.6. The second-order valence-corrected chi connectivity index (χ2v) is 12.7. The Kier molecular flexibility index (Phi) is 6.46. The molecule has 0 spiro atoms. The first-order chi connectivity index (χ1) is 24.7. The molecule has 4 nitrogen and oxygen atoms in total. The van der Waals surface area contributed by atoms with E-state index in [-0.39, 0.29) is 0 Å². The molecule has 10 aromatic rings. The molecule has 0 amide bonds. The molecule has 0 saturated carbocycles. The van der Waals surface area contributed by atoms with Gasteiger partial charge in [-0.3, -0.25) is 4.98 Å². The van der Waals surface area contributed by atoms with Crippen LogP contribution in [0.15, 0.2) is 170 Å². The third kappa shape index (κ3) is 4.77. The lowest BCUT2D eigenvalue weighted by molar-refractivity contribution is 1.08. The Morgan fingerprint density at radius 2 is 0.760 bits per heavy atom. The maximum Gasteiger partial charge on any atom is 0.164 e. The van der Waals surface area contributed by atoms with Gasteiger partial charge in [0.05, 0.1) is 5.52 Å². The van der Waals surface area contributed by atoms with E-state index in [0.29, 0.717) is 17.5 Å². The van der Waals surface area contributed by atoms with Crippen LogP contribution in [0, 0.1) is 0 Å². The zero-order valence-electron chi connectivity index (χ0n) is 27.0. The van der Waals surface area contributed by atoms with Crippen molar-refractivity contribution in [2.24, 2.45) is 0 Å². The average molecular weight is 637 g/mol. The molecule has 2 aromatic heterocycles. The van der Waals surface area contributed by atoms with E-state index in [2.05, 4.69) is 163 Å². The summed E-state index contributed by atoms with van der Waals surface area (Å²) in [7, 11) is 0. The molecule has 0 atom stereocenters. The maximum atomic E-state index is 5.11. The zero-order valence-corrected chi connectivity index (χ0v) is 27.0. The number of rotatable bonds is 4. The molecule has 0 fully saturated rings. The summed E-state index contributed by atoms with van der Waals surface area (Å²) in [6.45, 7) is 0. The van der Waals surface area contributed by atoms with Crippen molar-refractivity contribution in [2.75, 3.05) is 0 Å². The molecule has 0 saturated heterocycles. The van der Waals surface area contributed by atoms with Gasteiger partial charge in [-0.15, -0.1) is 0 Å². The van der Waals surface area contributed by atoms with Gasteiger partial charge in [-0.05, 0) is 66.9 Å². The van der Waals surface area contributed by atoms with E-state index < -0.39 is 0 Å². The summed E-state index contributed by atoms with van der Waals surface area (Å²) in [4.78, 5) is 20.0. The van der Waals surface area contributed by atoms with E-state index >= 15 is 0 Å². The Bertz CT molecular complexity index is 2790. The Balaban J connectivity index is 1.13. The lowest BCUT2D eigenvalue weighted by Crippen LogP contribution is -2.00. The number of para-hydroxylation sites is 1. The van der Waals surface area contributed by atoms with Gasteiger partial charge >= 0.3 is 0 Å². The van der Waals surface area contributed by atoms with Gasteiger partial charge in [0.15, 0.2) is 17.5 Å². The number of aromatic nitrogens is 4. The monoisotopic (exact) mass is 636 g/mol. The Hall–Kier alpha value is -6.78. The first-order valence-electron chi connectivity index (χ1n) is 16.8. The van der Waals surface area contributed by atoms with E-state index in [1.54, 1.807) is 0 Å². The fraction of sp³-hybridized carbons (Fsp3) is 0. The van der Waals surface area contributed by atoms with Crippen LogP contribution in [0.2, 0.25) is 0 Å². The summed E-state index contributed by atoms with van der Waals surface area (Å²) in [5.74, 6) is 1.91. The first-order valence-corrected chi connectivity index (χ1v) is 16.8. The third-order valence-electron chi connectivity index (χ3n) is 9.73. The molecule has 232 valence electrons. The predicted octanol–water partition coefficient (Wildman–Crippen LogP) is 11.7. The largest absolute Gasteiger partial charge is 0.256 e. The summed E-state index contributed by atoms with van der Waals surface area (Å²) in [5.41, 5.74) is 5.99. The van der Waals surface area contributed by atoms with Crippen LogP contribution in [0.3, 0.4) is 0 Å². The van der Waals surface area contributed by atoms with Gasteiger partial charge in [0.2, 0.25) is 0 Å². The molecule has 50 heavy (non-hydrogen) atoms. The fourth-order valence-electron chi connectivity index (χ4n) is 7.20. The minimum Gasteiger partial charge on any atom is -0.256 e. The summed E-state index contributed by atoms with van der Waals surface area (Å²) in [5, 5.41) is 10.8. The first kappa shape index (κ1) is 28.3. The van der Waals surface area contributed by atoms with Gasteiger partial charge in [0.1, 0.15) is 0 Å². The second-order valence-electron chi connectivity index (χ2n) is 12.7. The maximum absolute atomic E-state index is 5.11. The van der Waals surface area contributed by atoms with Crippen molar-refractivity contribution in [2.45, 2.75) is 0 Å². The van der Waals surface area contributed by atoms with Crippen LogP contribution in [-0.2, 0) is 0 Å². The van der Waals surface area contributed by atoms with E-state index in [1.807, 2.05) is 12.3 Å². The van der Waals surface area contributed by atoms with Crippen molar-refractivity contribution >= 4 is 54.0 Å². The lowest BCUT2D eigenvalue weighted by Gasteiger charge is -2.11. The molecule has 0 aliphatic carbocycles. The van der Waals surface area contributed by atoms with Crippen LogP contribution in [0.25, 0.3) is 99.3 Å². The SMILES string of the molecule is c1cnc2c(-c3ccc(-c4nc(-c5ccc6c(ccc7ccccc76)c5)nc(-c5ccc6c(ccc7ccccc76)c5)n4)cc3)cccc2c1. The third-order valence-corrected chi connectivity index (χ3v) is 9.73. The molecule has 0 N–H and O–H groups in total. The highest BCUT2D eigenvalue weighted by atomic mass is 15.0. The lowest BCUT2D eigenvalue weighted by atomic mass is 9.99. The molecule has 0 aliphatic rings. The molecular weight excluding hydrogens is 609 g/mol. The van der Waals surface area contributed by atoms with E-state index in [1.165, 1.54) is 32.3 Å². The number of hydrogen-bond donors (Lipinski definition) is 0. The number of pyridine rings is 1. The highest BCUT2D eigenvalue weighted by molar-refractivity contribution is 6.09. The fourth-order valence-corrected chi connectivity index (χ4v) is 7.20. The predicted molar refractivity (Wildman–Crippen MR) is 207 cm³/mol. The minimum absolute atomic E-state index is 0.629. The molecule has 0 aliphatic heterocycles. The highest BCUT2D eigenvalue weighted by Crippen LogP contribution is 2.34. The Morgan fingerprint density at radius 1 is 0.300 bits per heavy atom. The molecule has 10 rings (SSSR count). The van der Waals surface area contributed by atoms with Crippen molar-refractivity contribution in [3.63, 3.8) is 0 Å². The van der Waals surface area contributed by atoms with Crippen LogP contribution in [0.5, 0.6) is 0 Å². The minimum atomic E-state index is 0.629. The number of nitrogens with zero attached hydrogens (tertiary/aromatic N) is 4. The van der Waals surface area contributed by atoms with Crippen LogP contribution < -0.4 is 0 Å². The van der Waals surface area contributed by atoms with Gasteiger partial charge in [0.25, 0.3) is 0 Å². The Morgan fingerprint density at radius 3 is 1.38 bits per heavy atom.